The van der Waals surface area contributed by atoms with E-state index >= 15 is 0 Å². The molecular weight excluding hydrogens is 258 g/mol. The molecule has 2 N–H and O–H groups in total. The van der Waals surface area contributed by atoms with E-state index in [0.717, 1.165) is 10.6 Å². The molecule has 3 nitrogen and oxygen atoms in total. The molecule has 102 valence electrons. The van der Waals surface area contributed by atoms with Gasteiger partial charge < -0.3 is 10.6 Å². The number of halogens is 1. The van der Waals surface area contributed by atoms with Crippen LogP contribution < -0.4 is 5.73 Å². The number of nitrogens with zero attached hydrogens (tertiary/aromatic N) is 2. The maximum Gasteiger partial charge on any atom is 0.192 e. The lowest BCUT2D eigenvalue weighted by Crippen LogP contribution is -2.52. The van der Waals surface area contributed by atoms with E-state index in [1.807, 2.05) is 18.2 Å². The second kappa shape index (κ2) is 4.71. The summed E-state index contributed by atoms with van der Waals surface area (Å²) in [5, 5.41) is 0.804. The Morgan fingerprint density at radius 3 is 2.68 bits per heavy atom. The summed E-state index contributed by atoms with van der Waals surface area (Å²) < 4.78 is 0. The van der Waals surface area contributed by atoms with Crippen molar-refractivity contribution in [1.29, 1.82) is 0 Å². The summed E-state index contributed by atoms with van der Waals surface area (Å²) in [7, 11) is 0. The van der Waals surface area contributed by atoms with Gasteiger partial charge in [0.15, 0.2) is 5.96 Å². The van der Waals surface area contributed by atoms with Crippen LogP contribution in [0.5, 0.6) is 0 Å². The molecule has 1 saturated carbocycles. The Bertz CT molecular complexity index is 508. The molecule has 0 radical (unpaired) electrons. The van der Waals surface area contributed by atoms with Gasteiger partial charge in [-0.25, -0.2) is 0 Å². The lowest BCUT2D eigenvalue weighted by atomic mass is 9.89. The van der Waals surface area contributed by atoms with Gasteiger partial charge in [-0.15, -0.1) is 0 Å². The predicted molar refractivity (Wildman–Crippen MR) is 79.4 cm³/mol. The van der Waals surface area contributed by atoms with Crippen molar-refractivity contribution in [2.24, 2.45) is 10.7 Å². The summed E-state index contributed by atoms with van der Waals surface area (Å²) in [6.45, 7) is 2.90. The first kappa shape index (κ1) is 12.8. The van der Waals surface area contributed by atoms with Crippen molar-refractivity contribution < 1.29 is 0 Å². The molecule has 1 aliphatic heterocycles. The normalized spacial score (nSPS) is 27.9. The van der Waals surface area contributed by atoms with Gasteiger partial charge >= 0.3 is 0 Å². The van der Waals surface area contributed by atoms with E-state index in [1.165, 1.54) is 25.7 Å². The van der Waals surface area contributed by atoms with Crippen molar-refractivity contribution >= 4 is 17.6 Å². The molecule has 19 heavy (non-hydrogen) atoms. The first-order valence-electron chi connectivity index (χ1n) is 6.97. The minimum absolute atomic E-state index is 0.197. The van der Waals surface area contributed by atoms with Gasteiger partial charge in [-0.2, -0.15) is 0 Å². The molecule has 1 heterocycles. The zero-order valence-corrected chi connectivity index (χ0v) is 12.0. The maximum absolute atomic E-state index is 6.40. The fourth-order valence-corrected chi connectivity index (χ4v) is 3.84. The molecule has 3 rings (SSSR count). The third-order valence-corrected chi connectivity index (χ3v) is 4.80. The van der Waals surface area contributed by atoms with Crippen LogP contribution in [0.2, 0.25) is 5.02 Å². The highest BCUT2D eigenvalue weighted by atomic mass is 35.5. The minimum atomic E-state index is -0.197. The SMILES string of the molecule is CC1(c2ccccc2Cl)CN=C(N)N1C1CCCC1. The summed E-state index contributed by atoms with van der Waals surface area (Å²) in [5.41, 5.74) is 7.09. The van der Waals surface area contributed by atoms with E-state index in [4.69, 9.17) is 17.3 Å². The van der Waals surface area contributed by atoms with Crippen LogP contribution in [0.3, 0.4) is 0 Å². The highest BCUT2D eigenvalue weighted by Gasteiger charge is 2.44. The first-order valence-corrected chi connectivity index (χ1v) is 7.35. The Labute approximate surface area is 119 Å². The van der Waals surface area contributed by atoms with Gasteiger partial charge in [-0.05, 0) is 31.4 Å². The van der Waals surface area contributed by atoms with Crippen LogP contribution in [0.15, 0.2) is 29.3 Å². The van der Waals surface area contributed by atoms with E-state index in [2.05, 4.69) is 22.9 Å². The van der Waals surface area contributed by atoms with E-state index in [0.29, 0.717) is 18.5 Å². The van der Waals surface area contributed by atoms with Crippen molar-refractivity contribution in [2.75, 3.05) is 6.54 Å². The molecule has 0 aromatic heterocycles. The summed E-state index contributed by atoms with van der Waals surface area (Å²) in [6.07, 6.45) is 4.98. The van der Waals surface area contributed by atoms with Crippen molar-refractivity contribution in [1.82, 2.24) is 4.90 Å². The largest absolute Gasteiger partial charge is 0.370 e. The van der Waals surface area contributed by atoms with Crippen molar-refractivity contribution in [2.45, 2.75) is 44.2 Å². The second-order valence-corrected chi connectivity index (χ2v) is 6.14. The number of guanidine groups is 1. The average molecular weight is 278 g/mol. The molecule has 1 aliphatic carbocycles. The Morgan fingerprint density at radius 2 is 2.00 bits per heavy atom. The Hall–Kier alpha value is -1.22. The number of aliphatic imine (C=N–C) groups is 1. The minimum Gasteiger partial charge on any atom is -0.370 e. The van der Waals surface area contributed by atoms with Crippen LogP contribution in [-0.2, 0) is 5.54 Å². The zero-order chi connectivity index (χ0) is 13.5. The summed E-state index contributed by atoms with van der Waals surface area (Å²) >= 11 is 6.40. The lowest BCUT2D eigenvalue weighted by Gasteiger charge is -2.41. The molecule has 2 aliphatic rings. The number of hydrogen-bond donors (Lipinski definition) is 1. The third-order valence-electron chi connectivity index (χ3n) is 4.47. The van der Waals surface area contributed by atoms with Crippen molar-refractivity contribution in [3.05, 3.63) is 34.9 Å². The highest BCUT2D eigenvalue weighted by molar-refractivity contribution is 6.31. The molecule has 0 spiro atoms. The second-order valence-electron chi connectivity index (χ2n) is 5.74. The summed E-state index contributed by atoms with van der Waals surface area (Å²) in [6, 6.07) is 8.55. The summed E-state index contributed by atoms with van der Waals surface area (Å²) in [5.74, 6) is 0.675. The standard InChI is InChI=1S/C15H20ClN3/c1-15(12-8-4-5-9-13(12)16)10-18-14(17)19(15)11-6-2-3-7-11/h4-5,8-9,11H,2-3,6-7,10H2,1H3,(H2,17,18). The van der Waals surface area contributed by atoms with Gasteiger partial charge in [0.2, 0.25) is 0 Å². The fourth-order valence-electron chi connectivity index (χ4n) is 3.51. The molecule has 1 fully saturated rings. The number of rotatable bonds is 2. The Kier molecular flexibility index (Phi) is 3.17. The van der Waals surface area contributed by atoms with E-state index in [9.17, 15) is 0 Å². The van der Waals surface area contributed by atoms with E-state index in [-0.39, 0.29) is 5.54 Å². The quantitative estimate of drug-likeness (QED) is 0.902. The van der Waals surface area contributed by atoms with Crippen LogP contribution in [0.4, 0.5) is 0 Å². The van der Waals surface area contributed by atoms with Crippen molar-refractivity contribution in [3.8, 4) is 0 Å². The summed E-state index contributed by atoms with van der Waals surface area (Å²) in [4.78, 5) is 6.80. The average Bonchev–Trinajstić information content (AvgIpc) is 2.99. The van der Waals surface area contributed by atoms with Crippen LogP contribution in [0.25, 0.3) is 0 Å². The van der Waals surface area contributed by atoms with E-state index in [1.54, 1.807) is 0 Å². The van der Waals surface area contributed by atoms with Crippen LogP contribution in [0, 0.1) is 0 Å². The number of hydrogen-bond acceptors (Lipinski definition) is 3. The molecule has 1 aromatic carbocycles. The molecule has 1 atom stereocenters. The van der Waals surface area contributed by atoms with Gasteiger partial charge in [-0.1, -0.05) is 42.6 Å². The zero-order valence-electron chi connectivity index (χ0n) is 11.3. The Balaban J connectivity index is 2.00. The molecule has 0 saturated heterocycles. The maximum atomic E-state index is 6.40. The van der Waals surface area contributed by atoms with Crippen molar-refractivity contribution in [3.63, 3.8) is 0 Å². The van der Waals surface area contributed by atoms with Crippen LogP contribution in [0.1, 0.15) is 38.2 Å². The van der Waals surface area contributed by atoms with Crippen LogP contribution >= 0.6 is 11.6 Å². The molecular formula is C15H20ClN3. The van der Waals surface area contributed by atoms with E-state index < -0.39 is 0 Å². The third kappa shape index (κ3) is 2.00. The predicted octanol–water partition coefficient (Wildman–Crippen LogP) is 3.13. The fraction of sp³-hybridized carbons (Fsp3) is 0.533. The topological polar surface area (TPSA) is 41.6 Å². The van der Waals surface area contributed by atoms with Crippen LogP contribution in [-0.4, -0.2) is 23.4 Å². The van der Waals surface area contributed by atoms with Gasteiger partial charge in [0.05, 0.1) is 12.1 Å². The van der Waals surface area contributed by atoms with Gasteiger partial charge in [0, 0.05) is 11.1 Å². The molecule has 1 aromatic rings. The number of nitrogens with two attached hydrogens (primary N) is 1. The molecule has 4 heteroatoms. The first-order chi connectivity index (χ1) is 9.13. The molecule has 1 unspecified atom stereocenters. The molecule has 0 amide bonds. The van der Waals surface area contributed by atoms with Gasteiger partial charge in [-0.3, -0.25) is 4.99 Å². The molecule has 0 bridgehead atoms. The Morgan fingerprint density at radius 1 is 1.32 bits per heavy atom. The van der Waals surface area contributed by atoms with Gasteiger partial charge in [0.1, 0.15) is 0 Å². The monoisotopic (exact) mass is 277 g/mol. The van der Waals surface area contributed by atoms with Gasteiger partial charge in [0.25, 0.3) is 0 Å². The highest BCUT2D eigenvalue weighted by Crippen LogP contribution is 2.41. The number of benzene rings is 1. The lowest BCUT2D eigenvalue weighted by molar-refractivity contribution is 0.167. The smallest absolute Gasteiger partial charge is 0.192 e.